The van der Waals surface area contributed by atoms with Crippen LogP contribution in [0.1, 0.15) is 44.1 Å². The van der Waals surface area contributed by atoms with E-state index in [1.807, 2.05) is 35.3 Å². The van der Waals surface area contributed by atoms with Gasteiger partial charge in [-0.1, -0.05) is 11.3 Å². The second kappa shape index (κ2) is 7.44. The number of imidazole rings is 1. The van der Waals surface area contributed by atoms with Crippen LogP contribution in [0.4, 0.5) is 0 Å². The van der Waals surface area contributed by atoms with Crippen molar-refractivity contribution in [3.8, 4) is 0 Å². The van der Waals surface area contributed by atoms with Crippen molar-refractivity contribution in [2.24, 2.45) is 11.8 Å². The molecule has 1 saturated carbocycles. The van der Waals surface area contributed by atoms with Gasteiger partial charge in [0.15, 0.2) is 0 Å². The molecule has 8 heteroatoms. The van der Waals surface area contributed by atoms with Crippen LogP contribution in [0.2, 0.25) is 0 Å². The number of ether oxygens (including phenoxy) is 1. The molecular weight excluding hydrogens is 380 g/mol. The van der Waals surface area contributed by atoms with Gasteiger partial charge in [0.1, 0.15) is 16.9 Å². The zero-order valence-electron chi connectivity index (χ0n) is 17.8. The molecule has 160 valence electrons. The Bertz CT molecular complexity index is 989. The highest BCUT2D eigenvalue weighted by Crippen LogP contribution is 2.42. The smallest absolute Gasteiger partial charge is 0.137 e. The van der Waals surface area contributed by atoms with Gasteiger partial charge in [0.05, 0.1) is 24.0 Å². The molecule has 2 fully saturated rings. The molecule has 4 atom stereocenters. The summed E-state index contributed by atoms with van der Waals surface area (Å²) in [6.45, 7) is 6.50. The molecule has 1 N–H and O–H groups in total. The molecule has 0 bridgehead atoms. The number of methoxy groups -OCH3 is 1. The van der Waals surface area contributed by atoms with Gasteiger partial charge in [0.2, 0.25) is 0 Å². The summed E-state index contributed by atoms with van der Waals surface area (Å²) in [5, 5.41) is 18.8. The molecule has 0 amide bonds. The van der Waals surface area contributed by atoms with Crippen molar-refractivity contribution in [3.63, 3.8) is 0 Å². The Kier molecular flexibility index (Phi) is 4.88. The molecule has 1 aliphatic carbocycles. The molecule has 3 aromatic heterocycles. The highest BCUT2D eigenvalue weighted by molar-refractivity contribution is 5.39. The first kappa shape index (κ1) is 19.7. The monoisotopic (exact) mass is 410 g/mol. The average molecular weight is 411 g/mol. The van der Waals surface area contributed by atoms with Crippen LogP contribution >= 0.6 is 0 Å². The van der Waals surface area contributed by atoms with Gasteiger partial charge < -0.3 is 14.2 Å². The quantitative estimate of drug-likeness (QED) is 0.695. The molecule has 4 heterocycles. The zero-order valence-corrected chi connectivity index (χ0v) is 17.8. The summed E-state index contributed by atoms with van der Waals surface area (Å²) in [5.41, 5.74) is 1.72. The van der Waals surface area contributed by atoms with Gasteiger partial charge in [-0.15, -0.1) is 5.10 Å². The van der Waals surface area contributed by atoms with Crippen LogP contribution in [0.15, 0.2) is 36.8 Å². The standard InChI is InChI=1S/C22H30N6O2/c1-22(2,29)20-14-28(25-24-20)18-8-15-10-26(11-16(15)9-19(18)30-3)12-17-13-27-7-5-4-6-21(27)23-17/h4-7,13-16,18-19,29H,8-12H2,1-3H3/t15-,16+,18-,19-/m1/s1. The number of aromatic nitrogens is 5. The van der Waals surface area contributed by atoms with Crippen molar-refractivity contribution >= 4 is 5.65 Å². The summed E-state index contributed by atoms with van der Waals surface area (Å²) in [7, 11) is 1.79. The van der Waals surface area contributed by atoms with E-state index in [1.54, 1.807) is 21.0 Å². The zero-order chi connectivity index (χ0) is 20.9. The predicted molar refractivity (Wildman–Crippen MR) is 112 cm³/mol. The molecule has 30 heavy (non-hydrogen) atoms. The molecule has 3 aromatic rings. The normalized spacial score (nSPS) is 27.6. The maximum atomic E-state index is 10.2. The van der Waals surface area contributed by atoms with Crippen LogP contribution in [0.5, 0.6) is 0 Å². The Labute approximate surface area is 176 Å². The Morgan fingerprint density at radius 2 is 1.97 bits per heavy atom. The fourth-order valence-corrected chi connectivity index (χ4v) is 5.16. The Hall–Kier alpha value is -2.29. The predicted octanol–water partition coefficient (Wildman–Crippen LogP) is 2.25. The van der Waals surface area contributed by atoms with E-state index in [-0.39, 0.29) is 12.1 Å². The lowest BCUT2D eigenvalue weighted by Gasteiger charge is -2.37. The van der Waals surface area contributed by atoms with Gasteiger partial charge in [-0.2, -0.15) is 0 Å². The van der Waals surface area contributed by atoms with Crippen LogP contribution in [0, 0.1) is 11.8 Å². The third kappa shape index (κ3) is 3.64. The number of rotatable bonds is 5. The first-order valence-corrected chi connectivity index (χ1v) is 10.7. The number of fused-ring (bicyclic) bond motifs is 2. The van der Waals surface area contributed by atoms with Crippen molar-refractivity contribution in [2.75, 3.05) is 20.2 Å². The van der Waals surface area contributed by atoms with Crippen molar-refractivity contribution < 1.29 is 9.84 Å². The number of nitrogens with zero attached hydrogens (tertiary/aromatic N) is 6. The highest BCUT2D eigenvalue weighted by Gasteiger charge is 2.43. The number of likely N-dealkylation sites (tertiary alicyclic amines) is 1. The molecular formula is C22H30N6O2. The minimum atomic E-state index is -0.990. The summed E-state index contributed by atoms with van der Waals surface area (Å²) < 4.78 is 9.86. The second-order valence-electron chi connectivity index (χ2n) is 9.37. The summed E-state index contributed by atoms with van der Waals surface area (Å²) in [6.07, 6.45) is 8.19. The van der Waals surface area contributed by atoms with E-state index in [9.17, 15) is 5.11 Å². The topological polar surface area (TPSA) is 80.7 Å². The van der Waals surface area contributed by atoms with E-state index in [2.05, 4.69) is 25.8 Å². The molecule has 0 aromatic carbocycles. The first-order valence-electron chi connectivity index (χ1n) is 10.7. The van der Waals surface area contributed by atoms with Crippen LogP contribution in [0.25, 0.3) is 5.65 Å². The van der Waals surface area contributed by atoms with Crippen LogP contribution in [-0.4, -0.2) is 60.7 Å². The van der Waals surface area contributed by atoms with Gasteiger partial charge >= 0.3 is 0 Å². The summed E-state index contributed by atoms with van der Waals surface area (Å²) >= 11 is 0. The first-order chi connectivity index (χ1) is 14.4. The maximum Gasteiger partial charge on any atom is 0.137 e. The molecule has 1 aliphatic heterocycles. The Morgan fingerprint density at radius 1 is 1.17 bits per heavy atom. The summed E-state index contributed by atoms with van der Waals surface area (Å²) in [4.78, 5) is 7.29. The average Bonchev–Trinajstić information content (AvgIpc) is 3.43. The van der Waals surface area contributed by atoms with Crippen molar-refractivity contribution in [1.82, 2.24) is 29.3 Å². The van der Waals surface area contributed by atoms with Crippen molar-refractivity contribution in [3.05, 3.63) is 48.2 Å². The lowest BCUT2D eigenvalue weighted by Crippen LogP contribution is -2.37. The van der Waals surface area contributed by atoms with E-state index in [0.717, 1.165) is 43.8 Å². The van der Waals surface area contributed by atoms with E-state index in [0.29, 0.717) is 17.5 Å². The molecule has 1 saturated heterocycles. The van der Waals surface area contributed by atoms with Gasteiger partial charge in [0, 0.05) is 39.1 Å². The number of hydrogen-bond acceptors (Lipinski definition) is 6. The molecule has 5 rings (SSSR count). The Morgan fingerprint density at radius 3 is 2.67 bits per heavy atom. The fraction of sp³-hybridized carbons (Fsp3) is 0.591. The molecule has 8 nitrogen and oxygen atoms in total. The van der Waals surface area contributed by atoms with Gasteiger partial charge in [-0.3, -0.25) is 4.90 Å². The second-order valence-corrected chi connectivity index (χ2v) is 9.37. The minimum Gasteiger partial charge on any atom is -0.384 e. The van der Waals surface area contributed by atoms with E-state index < -0.39 is 5.60 Å². The molecule has 0 radical (unpaired) electrons. The third-order valence-corrected chi connectivity index (χ3v) is 6.74. The maximum absolute atomic E-state index is 10.2. The van der Waals surface area contributed by atoms with Crippen LogP contribution in [-0.2, 0) is 16.9 Å². The lowest BCUT2D eigenvalue weighted by atomic mass is 9.77. The minimum absolute atomic E-state index is 0.109. The molecule has 0 spiro atoms. The van der Waals surface area contributed by atoms with Crippen LogP contribution < -0.4 is 0 Å². The van der Waals surface area contributed by atoms with Crippen molar-refractivity contribution in [1.29, 1.82) is 0 Å². The molecule has 0 unspecified atom stereocenters. The van der Waals surface area contributed by atoms with Crippen molar-refractivity contribution in [2.45, 2.75) is 51.0 Å². The van der Waals surface area contributed by atoms with Gasteiger partial charge in [0.25, 0.3) is 0 Å². The molecule has 2 aliphatic rings. The van der Waals surface area contributed by atoms with Gasteiger partial charge in [-0.05, 0) is 50.7 Å². The van der Waals surface area contributed by atoms with Gasteiger partial charge in [-0.25, -0.2) is 9.67 Å². The van der Waals surface area contributed by atoms with E-state index in [1.165, 1.54) is 0 Å². The summed E-state index contributed by atoms with van der Waals surface area (Å²) in [6, 6.07) is 6.24. The van der Waals surface area contributed by atoms with E-state index >= 15 is 0 Å². The number of aliphatic hydroxyl groups is 1. The van der Waals surface area contributed by atoms with E-state index in [4.69, 9.17) is 9.72 Å². The Balaban J connectivity index is 1.29. The number of pyridine rings is 1. The third-order valence-electron chi connectivity index (χ3n) is 6.74. The fourth-order valence-electron chi connectivity index (χ4n) is 5.16. The largest absolute Gasteiger partial charge is 0.384 e. The number of hydrogen-bond donors (Lipinski definition) is 1. The van der Waals surface area contributed by atoms with Crippen LogP contribution in [0.3, 0.4) is 0 Å². The lowest BCUT2D eigenvalue weighted by molar-refractivity contribution is -0.00555. The highest BCUT2D eigenvalue weighted by atomic mass is 16.5. The SMILES string of the molecule is CO[C@@H]1C[C@H]2CN(Cc3cn4ccccc4n3)C[C@H]2C[C@H]1n1cc(C(C)(C)O)nn1. The summed E-state index contributed by atoms with van der Waals surface area (Å²) in [5.74, 6) is 1.23.